The van der Waals surface area contributed by atoms with E-state index >= 15 is 0 Å². The molecule has 17 heteroatoms. The molecular formula is C21H17F3N4O7P2S. The number of aromatic nitrogens is 2. The standard InChI is InChI=1S/C21H17F3N4O7P2S/c22-21(23,24)13-4-6-14(7-5-13)25-18(29)12-3-1-2-11(10-12)16-26-17(15-8-9-38-19(15)27-16)28-20(36(30,31)32)37(33,34)35/h1-10,20H,(H,25,29)(H,26,27,28)(H2,30,31,32)(H2,33,34,35). The number of hydrogen-bond acceptors (Lipinski definition) is 7. The highest BCUT2D eigenvalue weighted by Gasteiger charge is 2.44. The lowest BCUT2D eigenvalue weighted by Crippen LogP contribution is -2.21. The molecule has 0 atom stereocenters. The van der Waals surface area contributed by atoms with Gasteiger partial charge in [-0.2, -0.15) is 13.2 Å². The molecule has 4 rings (SSSR count). The van der Waals surface area contributed by atoms with Crippen LogP contribution in [0.4, 0.5) is 24.7 Å². The zero-order chi connectivity index (χ0) is 27.9. The van der Waals surface area contributed by atoms with Crippen molar-refractivity contribution < 1.29 is 46.7 Å². The molecule has 1 amide bonds. The molecule has 0 fully saturated rings. The Bertz CT molecular complexity index is 1580. The van der Waals surface area contributed by atoms with Gasteiger partial charge in [-0.25, -0.2) is 9.97 Å². The normalized spacial score (nSPS) is 12.6. The zero-order valence-corrected chi connectivity index (χ0v) is 21.3. The van der Waals surface area contributed by atoms with Crippen molar-refractivity contribution in [2.24, 2.45) is 0 Å². The van der Waals surface area contributed by atoms with Gasteiger partial charge in [0.2, 0.25) is 5.52 Å². The van der Waals surface area contributed by atoms with Crippen molar-refractivity contribution in [2.45, 2.75) is 11.7 Å². The van der Waals surface area contributed by atoms with E-state index in [4.69, 9.17) is 0 Å². The lowest BCUT2D eigenvalue weighted by molar-refractivity contribution is -0.137. The summed E-state index contributed by atoms with van der Waals surface area (Å²) >= 11 is 1.13. The second-order valence-electron chi connectivity index (χ2n) is 7.84. The van der Waals surface area contributed by atoms with Gasteiger partial charge in [0.05, 0.1) is 10.9 Å². The Hall–Kier alpha value is -3.16. The van der Waals surface area contributed by atoms with Crippen LogP contribution in [0.1, 0.15) is 15.9 Å². The van der Waals surface area contributed by atoms with Crippen molar-refractivity contribution in [3.05, 3.63) is 71.1 Å². The molecule has 0 radical (unpaired) electrons. The predicted molar refractivity (Wildman–Crippen MR) is 134 cm³/mol. The number of amides is 1. The minimum absolute atomic E-state index is 0.0261. The van der Waals surface area contributed by atoms with Crippen molar-refractivity contribution in [3.8, 4) is 11.4 Å². The van der Waals surface area contributed by atoms with Crippen LogP contribution in [-0.2, 0) is 15.3 Å². The van der Waals surface area contributed by atoms with Crippen LogP contribution in [0.25, 0.3) is 21.6 Å². The van der Waals surface area contributed by atoms with Gasteiger partial charge in [-0.15, -0.1) is 11.3 Å². The van der Waals surface area contributed by atoms with Crippen molar-refractivity contribution in [2.75, 3.05) is 10.6 Å². The third-order valence-corrected chi connectivity index (χ3v) is 9.23. The first-order chi connectivity index (χ1) is 17.6. The number of carbonyl (C=O) groups is 1. The fraction of sp³-hybridized carbons (Fsp3) is 0.0952. The number of thiophene rings is 1. The second kappa shape index (κ2) is 10.2. The summed E-state index contributed by atoms with van der Waals surface area (Å²) in [5, 5.41) is 6.48. The zero-order valence-electron chi connectivity index (χ0n) is 18.7. The molecule has 2 aromatic heterocycles. The van der Waals surface area contributed by atoms with Crippen molar-refractivity contribution in [1.82, 2.24) is 9.97 Å². The van der Waals surface area contributed by atoms with Crippen LogP contribution in [0.2, 0.25) is 0 Å². The van der Waals surface area contributed by atoms with E-state index in [9.17, 15) is 46.7 Å². The number of carbonyl (C=O) groups excluding carboxylic acids is 1. The lowest BCUT2D eigenvalue weighted by Gasteiger charge is -2.21. The van der Waals surface area contributed by atoms with Gasteiger partial charge in [0.25, 0.3) is 5.91 Å². The number of nitrogens with one attached hydrogen (secondary N) is 2. The van der Waals surface area contributed by atoms with Crippen LogP contribution in [0.5, 0.6) is 0 Å². The first-order valence-corrected chi connectivity index (χ1v) is 14.6. The van der Waals surface area contributed by atoms with E-state index in [2.05, 4.69) is 20.6 Å². The fourth-order valence-electron chi connectivity index (χ4n) is 3.33. The molecule has 0 aliphatic heterocycles. The summed E-state index contributed by atoms with van der Waals surface area (Å²) in [4.78, 5) is 59.5. The van der Waals surface area contributed by atoms with E-state index < -0.39 is 38.4 Å². The molecule has 4 aromatic rings. The Morgan fingerprint density at radius 1 is 0.947 bits per heavy atom. The van der Waals surface area contributed by atoms with E-state index in [0.29, 0.717) is 4.83 Å². The Balaban J connectivity index is 1.66. The predicted octanol–water partition coefficient (Wildman–Crippen LogP) is 4.68. The topological polar surface area (TPSA) is 182 Å². The monoisotopic (exact) mass is 588 g/mol. The molecule has 200 valence electrons. The van der Waals surface area contributed by atoms with Gasteiger partial charge in [-0.3, -0.25) is 13.9 Å². The Kier molecular flexibility index (Phi) is 7.47. The quantitative estimate of drug-likeness (QED) is 0.166. The molecule has 0 saturated heterocycles. The average molecular weight is 588 g/mol. The highest BCUT2D eigenvalue weighted by molar-refractivity contribution is 7.71. The van der Waals surface area contributed by atoms with Crippen molar-refractivity contribution in [1.29, 1.82) is 0 Å². The van der Waals surface area contributed by atoms with Crippen LogP contribution < -0.4 is 10.6 Å². The Morgan fingerprint density at radius 3 is 2.21 bits per heavy atom. The van der Waals surface area contributed by atoms with Crippen LogP contribution in [-0.4, -0.2) is 41.0 Å². The minimum atomic E-state index is -5.32. The van der Waals surface area contributed by atoms with E-state index in [-0.39, 0.29) is 33.8 Å². The molecule has 6 N–H and O–H groups in total. The molecule has 38 heavy (non-hydrogen) atoms. The third kappa shape index (κ3) is 6.27. The number of hydrogen-bond donors (Lipinski definition) is 6. The summed E-state index contributed by atoms with van der Waals surface area (Å²) in [5.41, 5.74) is -2.94. The van der Waals surface area contributed by atoms with Gasteiger partial charge in [-0.05, 0) is 47.8 Å². The molecule has 2 aromatic carbocycles. The molecule has 0 unspecified atom stereocenters. The van der Waals surface area contributed by atoms with Gasteiger partial charge in [0, 0.05) is 16.8 Å². The largest absolute Gasteiger partial charge is 0.416 e. The molecule has 0 bridgehead atoms. The summed E-state index contributed by atoms with van der Waals surface area (Å²) < 4.78 is 61.8. The molecule has 11 nitrogen and oxygen atoms in total. The van der Waals surface area contributed by atoms with Gasteiger partial charge in [-0.1, -0.05) is 12.1 Å². The molecule has 2 heterocycles. The maximum Gasteiger partial charge on any atom is 0.416 e. The highest BCUT2D eigenvalue weighted by atomic mass is 32.1. The minimum Gasteiger partial charge on any atom is -0.346 e. The smallest absolute Gasteiger partial charge is 0.346 e. The van der Waals surface area contributed by atoms with E-state index in [1.807, 2.05) is 0 Å². The van der Waals surface area contributed by atoms with Crippen LogP contribution in [0.15, 0.2) is 60.0 Å². The van der Waals surface area contributed by atoms with Crippen LogP contribution in [0, 0.1) is 0 Å². The van der Waals surface area contributed by atoms with E-state index in [1.54, 1.807) is 5.38 Å². The lowest BCUT2D eigenvalue weighted by atomic mass is 10.1. The maximum absolute atomic E-state index is 12.8. The second-order valence-corrected chi connectivity index (χ2v) is 12.5. The van der Waals surface area contributed by atoms with Gasteiger partial charge < -0.3 is 30.2 Å². The summed E-state index contributed by atoms with van der Waals surface area (Å²) in [6, 6.07) is 11.2. The maximum atomic E-state index is 12.8. The molecular weight excluding hydrogens is 571 g/mol. The number of fused-ring (bicyclic) bond motifs is 1. The molecule has 0 aliphatic rings. The molecule has 0 saturated carbocycles. The number of anilines is 2. The Labute approximate surface area is 215 Å². The number of alkyl halides is 3. The highest BCUT2D eigenvalue weighted by Crippen LogP contribution is 2.59. The number of nitrogens with zero attached hydrogens (tertiary/aromatic N) is 2. The van der Waals surface area contributed by atoms with Crippen LogP contribution >= 0.6 is 26.5 Å². The fourth-order valence-corrected chi connectivity index (χ4v) is 6.24. The number of benzene rings is 2. The molecule has 0 aliphatic carbocycles. The van der Waals surface area contributed by atoms with Gasteiger partial charge >= 0.3 is 21.4 Å². The first-order valence-electron chi connectivity index (χ1n) is 10.3. The van der Waals surface area contributed by atoms with Crippen LogP contribution in [0.3, 0.4) is 0 Å². The SMILES string of the molecule is O=C(Nc1ccc(C(F)(F)F)cc1)c1cccc(-c2nc(NC(P(=O)(O)O)P(=O)(O)O)c3ccsc3n2)c1. The van der Waals surface area contributed by atoms with Crippen molar-refractivity contribution >= 4 is 54.2 Å². The first kappa shape index (κ1) is 27.9. The van der Waals surface area contributed by atoms with Crippen molar-refractivity contribution in [3.63, 3.8) is 0 Å². The summed E-state index contributed by atoms with van der Waals surface area (Å²) in [6.07, 6.45) is -4.52. The summed E-state index contributed by atoms with van der Waals surface area (Å²) in [6.45, 7) is 0. The number of rotatable bonds is 7. The number of halogens is 3. The summed E-state index contributed by atoms with van der Waals surface area (Å²) in [5.74, 6) is -0.922. The Morgan fingerprint density at radius 2 is 1.61 bits per heavy atom. The average Bonchev–Trinajstić information content (AvgIpc) is 3.30. The third-order valence-electron chi connectivity index (χ3n) is 5.08. The van der Waals surface area contributed by atoms with Gasteiger partial charge in [0.15, 0.2) is 5.82 Å². The van der Waals surface area contributed by atoms with Gasteiger partial charge in [0.1, 0.15) is 10.6 Å². The van der Waals surface area contributed by atoms with E-state index in [0.717, 1.165) is 35.6 Å². The summed E-state index contributed by atoms with van der Waals surface area (Å²) in [7, 11) is -10.6. The van der Waals surface area contributed by atoms with E-state index in [1.165, 1.54) is 30.3 Å². The molecule has 0 spiro atoms.